The number of hydrogen-bond donors (Lipinski definition) is 1. The van der Waals surface area contributed by atoms with Gasteiger partial charge in [0.1, 0.15) is 0 Å². The number of aromatic nitrogens is 2. The first-order chi connectivity index (χ1) is 15.6. The van der Waals surface area contributed by atoms with Gasteiger partial charge in [0.15, 0.2) is 0 Å². The molecule has 1 amide bonds. The molecular weight excluding hydrogens is 400 g/mol. The molecule has 4 rings (SSSR count). The van der Waals surface area contributed by atoms with Crippen molar-refractivity contribution < 1.29 is 4.79 Å². The van der Waals surface area contributed by atoms with Crippen LogP contribution in [0.5, 0.6) is 0 Å². The molecule has 0 saturated carbocycles. The summed E-state index contributed by atoms with van der Waals surface area (Å²) in [5.41, 5.74) is 3.00. The predicted molar refractivity (Wildman–Crippen MR) is 127 cm³/mol. The summed E-state index contributed by atoms with van der Waals surface area (Å²) in [4.78, 5) is 27.3. The van der Waals surface area contributed by atoms with E-state index in [1.165, 1.54) is 10.2 Å². The Balaban J connectivity index is 1.28. The molecule has 1 N–H and O–H groups in total. The number of nitrogens with one attached hydrogen (secondary N) is 1. The molecule has 0 bridgehead atoms. The van der Waals surface area contributed by atoms with Gasteiger partial charge < -0.3 is 10.2 Å². The van der Waals surface area contributed by atoms with E-state index in [2.05, 4.69) is 34.4 Å². The van der Waals surface area contributed by atoms with Crippen LogP contribution in [0.4, 0.5) is 5.69 Å². The van der Waals surface area contributed by atoms with Gasteiger partial charge in [-0.3, -0.25) is 9.59 Å². The Bertz CT molecular complexity index is 1070. The molecule has 0 radical (unpaired) electrons. The van der Waals surface area contributed by atoms with E-state index >= 15 is 0 Å². The fourth-order valence-electron chi connectivity index (χ4n) is 4.17. The second-order valence-corrected chi connectivity index (χ2v) is 8.51. The second kappa shape index (κ2) is 10.3. The summed E-state index contributed by atoms with van der Waals surface area (Å²) in [5.74, 6) is 0.429. The summed E-state index contributed by atoms with van der Waals surface area (Å²) >= 11 is 0. The first-order valence-corrected chi connectivity index (χ1v) is 11.3. The van der Waals surface area contributed by atoms with Crippen molar-refractivity contribution in [3.05, 3.63) is 94.4 Å². The predicted octanol–water partition coefficient (Wildman–Crippen LogP) is 3.43. The van der Waals surface area contributed by atoms with Crippen molar-refractivity contribution in [2.45, 2.75) is 32.2 Å². The minimum atomic E-state index is -0.110. The van der Waals surface area contributed by atoms with Crippen molar-refractivity contribution >= 4 is 11.6 Å². The number of nitrogens with zero attached hydrogens (tertiary/aromatic N) is 3. The molecule has 166 valence electrons. The van der Waals surface area contributed by atoms with Crippen LogP contribution in [0.25, 0.3) is 0 Å². The summed E-state index contributed by atoms with van der Waals surface area (Å²) in [6.07, 6.45) is 3.31. The number of carbonyl (C=O) groups excluding carboxylic acids is 1. The highest BCUT2D eigenvalue weighted by Crippen LogP contribution is 2.22. The van der Waals surface area contributed by atoms with Crippen LogP contribution in [0.1, 0.15) is 36.8 Å². The molecule has 1 unspecified atom stereocenters. The molecule has 0 aliphatic carbocycles. The van der Waals surface area contributed by atoms with Crippen LogP contribution < -0.4 is 15.8 Å². The van der Waals surface area contributed by atoms with E-state index in [1.54, 1.807) is 12.3 Å². The van der Waals surface area contributed by atoms with E-state index in [4.69, 9.17) is 0 Å². The lowest BCUT2D eigenvalue weighted by atomic mass is 9.95. The van der Waals surface area contributed by atoms with Crippen LogP contribution in [0.3, 0.4) is 0 Å². The zero-order valence-corrected chi connectivity index (χ0v) is 18.5. The molecule has 1 fully saturated rings. The maximum absolute atomic E-state index is 12.7. The summed E-state index contributed by atoms with van der Waals surface area (Å²) in [6, 6.07) is 21.7. The number of amides is 1. The first kappa shape index (κ1) is 21.8. The third-order valence-corrected chi connectivity index (χ3v) is 6.21. The molecule has 6 heteroatoms. The van der Waals surface area contributed by atoms with Crippen molar-refractivity contribution in [2.24, 2.45) is 5.92 Å². The molecule has 0 spiro atoms. The Labute approximate surface area is 188 Å². The van der Waals surface area contributed by atoms with E-state index < -0.39 is 0 Å². The maximum atomic E-state index is 12.7. The molecule has 1 atom stereocenters. The van der Waals surface area contributed by atoms with Crippen molar-refractivity contribution in [1.29, 1.82) is 0 Å². The van der Waals surface area contributed by atoms with Crippen LogP contribution in [0, 0.1) is 5.92 Å². The summed E-state index contributed by atoms with van der Waals surface area (Å²) in [5, 5.41) is 7.49. The zero-order valence-electron chi connectivity index (χ0n) is 18.5. The molecule has 6 nitrogen and oxygen atoms in total. The normalized spacial score (nSPS) is 15.3. The Kier molecular flexibility index (Phi) is 7.00. The Morgan fingerprint density at radius 1 is 1.06 bits per heavy atom. The SMILES string of the molecule is CC(CNC(=O)C1CCN(c2cnn(Cc3ccccc3)c(=O)c2)CC1)c1ccccc1. The molecule has 1 saturated heterocycles. The van der Waals surface area contributed by atoms with Crippen LogP contribution >= 0.6 is 0 Å². The fourth-order valence-corrected chi connectivity index (χ4v) is 4.17. The van der Waals surface area contributed by atoms with Gasteiger partial charge in [-0.25, -0.2) is 4.68 Å². The molecule has 3 aromatic rings. The van der Waals surface area contributed by atoms with Gasteiger partial charge in [0.05, 0.1) is 18.4 Å². The van der Waals surface area contributed by atoms with Gasteiger partial charge in [0, 0.05) is 31.6 Å². The number of rotatable bonds is 7. The average Bonchev–Trinajstić information content (AvgIpc) is 2.85. The molecule has 2 aromatic carbocycles. The van der Waals surface area contributed by atoms with Crippen molar-refractivity contribution in [2.75, 3.05) is 24.5 Å². The minimum Gasteiger partial charge on any atom is -0.370 e. The van der Waals surface area contributed by atoms with Gasteiger partial charge in [-0.1, -0.05) is 67.6 Å². The summed E-state index contributed by atoms with van der Waals surface area (Å²) < 4.78 is 1.48. The summed E-state index contributed by atoms with van der Waals surface area (Å²) in [7, 11) is 0. The number of piperidine rings is 1. The monoisotopic (exact) mass is 430 g/mol. The molecule has 2 heterocycles. The summed E-state index contributed by atoms with van der Waals surface area (Å²) in [6.45, 7) is 4.73. The van der Waals surface area contributed by atoms with Gasteiger partial charge in [0.25, 0.3) is 5.56 Å². The zero-order chi connectivity index (χ0) is 22.3. The van der Waals surface area contributed by atoms with Gasteiger partial charge >= 0.3 is 0 Å². The Morgan fingerprint density at radius 3 is 2.38 bits per heavy atom. The van der Waals surface area contributed by atoms with Crippen molar-refractivity contribution in [3.63, 3.8) is 0 Å². The number of anilines is 1. The van der Waals surface area contributed by atoms with Crippen LogP contribution in [0.2, 0.25) is 0 Å². The molecular formula is C26H30N4O2. The van der Waals surface area contributed by atoms with Crippen LogP contribution in [0.15, 0.2) is 77.7 Å². The number of hydrogen-bond acceptors (Lipinski definition) is 4. The van der Waals surface area contributed by atoms with Gasteiger partial charge in [-0.2, -0.15) is 5.10 Å². The second-order valence-electron chi connectivity index (χ2n) is 8.51. The lowest BCUT2D eigenvalue weighted by molar-refractivity contribution is -0.125. The van der Waals surface area contributed by atoms with E-state index in [-0.39, 0.29) is 23.3 Å². The van der Waals surface area contributed by atoms with Crippen LogP contribution in [-0.4, -0.2) is 35.3 Å². The van der Waals surface area contributed by atoms with Crippen molar-refractivity contribution in [1.82, 2.24) is 15.1 Å². The van der Waals surface area contributed by atoms with Gasteiger partial charge in [-0.15, -0.1) is 0 Å². The topological polar surface area (TPSA) is 67.2 Å². The minimum absolute atomic E-state index is 0.0145. The molecule has 32 heavy (non-hydrogen) atoms. The highest BCUT2D eigenvalue weighted by atomic mass is 16.2. The lowest BCUT2D eigenvalue weighted by Crippen LogP contribution is -2.41. The van der Waals surface area contributed by atoms with E-state index in [9.17, 15) is 9.59 Å². The van der Waals surface area contributed by atoms with Gasteiger partial charge in [0.2, 0.25) is 5.91 Å². The quantitative estimate of drug-likeness (QED) is 0.624. The van der Waals surface area contributed by atoms with Gasteiger partial charge in [-0.05, 0) is 29.9 Å². The third-order valence-electron chi connectivity index (χ3n) is 6.21. The highest BCUT2D eigenvalue weighted by molar-refractivity contribution is 5.79. The third kappa shape index (κ3) is 5.44. The highest BCUT2D eigenvalue weighted by Gasteiger charge is 2.25. The Morgan fingerprint density at radius 2 is 1.72 bits per heavy atom. The first-order valence-electron chi connectivity index (χ1n) is 11.3. The smallest absolute Gasteiger partial charge is 0.269 e. The lowest BCUT2D eigenvalue weighted by Gasteiger charge is -2.32. The molecule has 1 aromatic heterocycles. The Hall–Kier alpha value is -3.41. The van der Waals surface area contributed by atoms with E-state index in [0.717, 1.165) is 37.2 Å². The number of carbonyl (C=O) groups is 1. The number of benzene rings is 2. The fraction of sp³-hybridized carbons (Fsp3) is 0.346. The van der Waals surface area contributed by atoms with Crippen molar-refractivity contribution in [3.8, 4) is 0 Å². The maximum Gasteiger partial charge on any atom is 0.269 e. The molecule has 1 aliphatic heterocycles. The van der Waals surface area contributed by atoms with E-state index in [0.29, 0.717) is 13.1 Å². The largest absolute Gasteiger partial charge is 0.370 e. The standard InChI is InChI=1S/C26H30N4O2/c1-20(22-10-6-3-7-11-22)17-27-26(32)23-12-14-29(15-13-23)24-16-25(31)30(28-18-24)19-21-8-4-2-5-9-21/h2-11,16,18,20,23H,12-15,17,19H2,1H3,(H,27,32). The van der Waals surface area contributed by atoms with Crippen LogP contribution in [-0.2, 0) is 11.3 Å². The van der Waals surface area contributed by atoms with E-state index in [1.807, 2.05) is 48.5 Å². The molecule has 1 aliphatic rings. The average molecular weight is 431 g/mol.